The van der Waals surface area contributed by atoms with E-state index in [0.717, 1.165) is 22.4 Å². The first-order chi connectivity index (χ1) is 10.1. The Labute approximate surface area is 125 Å². The van der Waals surface area contributed by atoms with E-state index in [1.54, 1.807) is 0 Å². The van der Waals surface area contributed by atoms with Crippen LogP contribution in [0.25, 0.3) is 0 Å². The molecule has 21 heavy (non-hydrogen) atoms. The minimum absolute atomic E-state index is 0.101. The maximum Gasteiger partial charge on any atom is 0.122 e. The topological polar surface area (TPSA) is 59.1 Å². The molecule has 3 rings (SSSR count). The summed E-state index contributed by atoms with van der Waals surface area (Å²) in [7, 11) is 0. The molecule has 2 aromatic carbocycles. The predicted molar refractivity (Wildman–Crippen MR) is 85.0 cm³/mol. The molecule has 3 nitrogen and oxygen atoms in total. The molecule has 0 aromatic heterocycles. The van der Waals surface area contributed by atoms with Gasteiger partial charge in [-0.1, -0.05) is 18.2 Å². The standard InChI is InChI=1S/C18H20N2O/c1-12-9-15(18(19)20)5-6-16(12)11-21-17-8-7-13-3-2-4-14(13)10-17/h5-10H,2-4,11H2,1H3,(H3,19,20). The van der Waals surface area contributed by atoms with Crippen LogP contribution in [0, 0.1) is 12.3 Å². The minimum Gasteiger partial charge on any atom is -0.489 e. The maximum absolute atomic E-state index is 7.46. The highest BCUT2D eigenvalue weighted by Crippen LogP contribution is 2.26. The van der Waals surface area contributed by atoms with Crippen molar-refractivity contribution in [3.8, 4) is 5.75 Å². The number of fused-ring (bicyclic) bond motifs is 1. The van der Waals surface area contributed by atoms with Crippen LogP contribution in [0.2, 0.25) is 0 Å². The summed E-state index contributed by atoms with van der Waals surface area (Å²) in [6.07, 6.45) is 3.62. The molecule has 108 valence electrons. The van der Waals surface area contributed by atoms with E-state index >= 15 is 0 Å². The number of rotatable bonds is 4. The zero-order chi connectivity index (χ0) is 14.8. The Balaban J connectivity index is 1.71. The summed E-state index contributed by atoms with van der Waals surface area (Å²) in [5, 5.41) is 7.46. The van der Waals surface area contributed by atoms with Crippen LogP contribution in [-0.4, -0.2) is 5.84 Å². The number of amidine groups is 1. The number of hydrogen-bond acceptors (Lipinski definition) is 2. The fourth-order valence-electron chi connectivity index (χ4n) is 2.82. The molecule has 1 aliphatic rings. The number of ether oxygens (including phenoxy) is 1. The molecule has 0 heterocycles. The van der Waals surface area contributed by atoms with E-state index in [0.29, 0.717) is 6.61 Å². The summed E-state index contributed by atoms with van der Waals surface area (Å²) in [6.45, 7) is 2.57. The largest absolute Gasteiger partial charge is 0.489 e. The Morgan fingerprint density at radius 3 is 2.71 bits per heavy atom. The van der Waals surface area contributed by atoms with Crippen LogP contribution in [0.5, 0.6) is 5.75 Å². The van der Waals surface area contributed by atoms with E-state index in [1.807, 2.05) is 25.1 Å². The lowest BCUT2D eigenvalue weighted by Crippen LogP contribution is -2.11. The van der Waals surface area contributed by atoms with Crippen molar-refractivity contribution in [1.29, 1.82) is 5.41 Å². The molecule has 0 aliphatic heterocycles. The van der Waals surface area contributed by atoms with Gasteiger partial charge in [-0.05, 0) is 66.6 Å². The number of nitrogen functional groups attached to an aromatic ring is 1. The van der Waals surface area contributed by atoms with Crippen LogP contribution < -0.4 is 10.5 Å². The Bertz CT molecular complexity index is 692. The molecule has 1 aliphatic carbocycles. The van der Waals surface area contributed by atoms with E-state index in [2.05, 4.69) is 18.2 Å². The van der Waals surface area contributed by atoms with Gasteiger partial charge in [0.1, 0.15) is 18.2 Å². The summed E-state index contributed by atoms with van der Waals surface area (Å²) in [6, 6.07) is 12.2. The first-order valence-corrected chi connectivity index (χ1v) is 7.32. The van der Waals surface area contributed by atoms with E-state index in [1.165, 1.54) is 30.4 Å². The molecule has 0 spiro atoms. The zero-order valence-electron chi connectivity index (χ0n) is 12.3. The third-order valence-electron chi connectivity index (χ3n) is 4.12. The Kier molecular flexibility index (Phi) is 3.65. The van der Waals surface area contributed by atoms with Crippen LogP contribution in [-0.2, 0) is 19.4 Å². The van der Waals surface area contributed by atoms with Gasteiger partial charge >= 0.3 is 0 Å². The van der Waals surface area contributed by atoms with Crippen LogP contribution in [0.15, 0.2) is 36.4 Å². The van der Waals surface area contributed by atoms with Gasteiger partial charge < -0.3 is 10.5 Å². The summed E-state index contributed by atoms with van der Waals surface area (Å²) in [5.74, 6) is 1.04. The average molecular weight is 280 g/mol. The zero-order valence-corrected chi connectivity index (χ0v) is 12.3. The highest BCUT2D eigenvalue weighted by atomic mass is 16.5. The lowest BCUT2D eigenvalue weighted by Gasteiger charge is -2.11. The SMILES string of the molecule is Cc1cc(C(=N)N)ccc1COc1ccc2c(c1)CCC2. The van der Waals surface area contributed by atoms with E-state index in [-0.39, 0.29) is 5.84 Å². The second-order valence-corrected chi connectivity index (χ2v) is 5.63. The number of nitrogens with one attached hydrogen (secondary N) is 1. The lowest BCUT2D eigenvalue weighted by atomic mass is 10.1. The average Bonchev–Trinajstić information content (AvgIpc) is 2.93. The molecular formula is C18H20N2O. The summed E-state index contributed by atoms with van der Waals surface area (Å²) >= 11 is 0. The number of hydrogen-bond donors (Lipinski definition) is 2. The molecule has 0 atom stereocenters. The van der Waals surface area contributed by atoms with Gasteiger partial charge in [0.25, 0.3) is 0 Å². The quantitative estimate of drug-likeness (QED) is 0.666. The number of nitrogens with two attached hydrogens (primary N) is 1. The Morgan fingerprint density at radius 1 is 1.14 bits per heavy atom. The van der Waals surface area contributed by atoms with Gasteiger partial charge in [-0.25, -0.2) is 0 Å². The van der Waals surface area contributed by atoms with E-state index in [4.69, 9.17) is 15.9 Å². The molecule has 0 bridgehead atoms. The van der Waals surface area contributed by atoms with Crippen molar-refractivity contribution in [3.05, 3.63) is 64.2 Å². The van der Waals surface area contributed by atoms with Gasteiger partial charge in [-0.3, -0.25) is 5.41 Å². The van der Waals surface area contributed by atoms with E-state index < -0.39 is 0 Å². The molecule has 0 saturated carbocycles. The monoisotopic (exact) mass is 280 g/mol. The van der Waals surface area contributed by atoms with Gasteiger partial charge in [-0.15, -0.1) is 0 Å². The summed E-state index contributed by atoms with van der Waals surface area (Å²) in [4.78, 5) is 0. The van der Waals surface area contributed by atoms with Crippen molar-refractivity contribution in [2.24, 2.45) is 5.73 Å². The summed E-state index contributed by atoms with van der Waals surface area (Å²) < 4.78 is 5.91. The maximum atomic E-state index is 7.46. The van der Waals surface area contributed by atoms with Gasteiger partial charge in [0.05, 0.1) is 0 Å². The van der Waals surface area contributed by atoms with Crippen molar-refractivity contribution in [3.63, 3.8) is 0 Å². The van der Waals surface area contributed by atoms with Crippen LogP contribution in [0.4, 0.5) is 0 Å². The second-order valence-electron chi connectivity index (χ2n) is 5.63. The van der Waals surface area contributed by atoms with Crippen LogP contribution in [0.1, 0.15) is 34.2 Å². The minimum atomic E-state index is 0.101. The third kappa shape index (κ3) is 2.92. The van der Waals surface area contributed by atoms with Crippen molar-refractivity contribution >= 4 is 5.84 Å². The van der Waals surface area contributed by atoms with E-state index in [9.17, 15) is 0 Å². The summed E-state index contributed by atoms with van der Waals surface area (Å²) in [5.41, 5.74) is 11.4. The van der Waals surface area contributed by atoms with Crippen molar-refractivity contribution in [2.45, 2.75) is 32.8 Å². The second kappa shape index (κ2) is 5.60. The molecule has 3 heteroatoms. The molecule has 0 saturated heterocycles. The smallest absolute Gasteiger partial charge is 0.122 e. The fourth-order valence-corrected chi connectivity index (χ4v) is 2.82. The molecule has 0 fully saturated rings. The highest BCUT2D eigenvalue weighted by Gasteiger charge is 2.11. The van der Waals surface area contributed by atoms with Crippen LogP contribution in [0.3, 0.4) is 0 Å². The first kappa shape index (κ1) is 13.7. The van der Waals surface area contributed by atoms with Gasteiger partial charge in [0.2, 0.25) is 0 Å². The van der Waals surface area contributed by atoms with Crippen molar-refractivity contribution in [1.82, 2.24) is 0 Å². The number of aryl methyl sites for hydroxylation is 3. The van der Waals surface area contributed by atoms with Gasteiger partial charge in [0.15, 0.2) is 0 Å². The third-order valence-corrected chi connectivity index (χ3v) is 4.12. The first-order valence-electron chi connectivity index (χ1n) is 7.32. The van der Waals surface area contributed by atoms with Gasteiger partial charge in [-0.2, -0.15) is 0 Å². The van der Waals surface area contributed by atoms with Crippen molar-refractivity contribution in [2.75, 3.05) is 0 Å². The molecule has 0 radical (unpaired) electrons. The van der Waals surface area contributed by atoms with Crippen molar-refractivity contribution < 1.29 is 4.74 Å². The molecule has 3 N–H and O–H groups in total. The lowest BCUT2D eigenvalue weighted by molar-refractivity contribution is 0.305. The molecule has 2 aromatic rings. The van der Waals surface area contributed by atoms with Gasteiger partial charge in [0, 0.05) is 5.56 Å². The predicted octanol–water partition coefficient (Wildman–Crippen LogP) is 3.35. The highest BCUT2D eigenvalue weighted by molar-refractivity contribution is 5.95. The molecular weight excluding hydrogens is 260 g/mol. The molecule has 0 amide bonds. The molecule has 0 unspecified atom stereocenters. The number of benzene rings is 2. The normalized spacial score (nSPS) is 13.0. The fraction of sp³-hybridized carbons (Fsp3) is 0.278. The van der Waals surface area contributed by atoms with Crippen LogP contribution >= 0.6 is 0 Å². The Morgan fingerprint density at radius 2 is 1.95 bits per heavy atom. The Hall–Kier alpha value is -2.29.